The molecule has 0 unspecified atom stereocenters. The van der Waals surface area contributed by atoms with Gasteiger partial charge in [0.2, 0.25) is 0 Å². The van der Waals surface area contributed by atoms with Crippen LogP contribution in [0, 0.1) is 5.41 Å². The summed E-state index contributed by atoms with van der Waals surface area (Å²) in [4.78, 5) is 16.0. The summed E-state index contributed by atoms with van der Waals surface area (Å²) in [7, 11) is 0. The van der Waals surface area contributed by atoms with Crippen LogP contribution < -0.4 is 0 Å². The Kier molecular flexibility index (Phi) is 3.14. The number of halogens is 1. The topological polar surface area (TPSA) is 32.9 Å². The highest BCUT2D eigenvalue weighted by atomic mass is 35.5. The van der Waals surface area contributed by atoms with Crippen LogP contribution >= 0.6 is 11.6 Å². The fraction of sp³-hybridized carbons (Fsp3) is 0.438. The van der Waals surface area contributed by atoms with Gasteiger partial charge >= 0.3 is 0 Å². The molecule has 1 aliphatic carbocycles. The zero-order valence-electron chi connectivity index (χ0n) is 11.1. The molecule has 1 N–H and O–H groups in total. The minimum atomic E-state index is -0.216. The van der Waals surface area contributed by atoms with Gasteiger partial charge in [0.05, 0.1) is 5.02 Å². The van der Waals surface area contributed by atoms with Crippen LogP contribution in [0.15, 0.2) is 24.4 Å². The third kappa shape index (κ3) is 2.08. The minimum Gasteiger partial charge on any atom is -0.360 e. The highest BCUT2D eigenvalue weighted by Gasteiger charge is 2.36. The number of benzene rings is 1. The fourth-order valence-electron chi connectivity index (χ4n) is 3.20. The van der Waals surface area contributed by atoms with Crippen LogP contribution in [-0.2, 0) is 0 Å². The van der Waals surface area contributed by atoms with Gasteiger partial charge in [-0.3, -0.25) is 4.79 Å². The van der Waals surface area contributed by atoms with Gasteiger partial charge in [-0.1, -0.05) is 43.9 Å². The first-order valence-electron chi connectivity index (χ1n) is 6.92. The average Bonchev–Trinajstić information content (AvgIpc) is 2.84. The molecule has 2 nitrogen and oxygen atoms in total. The lowest BCUT2D eigenvalue weighted by atomic mass is 9.71. The molecule has 0 atom stereocenters. The Hall–Kier alpha value is -1.28. The van der Waals surface area contributed by atoms with Crippen molar-refractivity contribution in [3.05, 3.63) is 35.0 Å². The number of hydrogen-bond donors (Lipinski definition) is 1. The SMILES string of the molecule is CC1(C(=O)c2c[nH]c3cccc(Cl)c23)CCCCC1. The fourth-order valence-corrected chi connectivity index (χ4v) is 3.48. The number of H-pyrrole nitrogens is 1. The molecule has 0 spiro atoms. The molecule has 1 fully saturated rings. The third-order valence-electron chi connectivity index (χ3n) is 4.40. The Bertz CT molecular complexity index is 623. The van der Waals surface area contributed by atoms with E-state index in [0.717, 1.165) is 42.1 Å². The van der Waals surface area contributed by atoms with E-state index in [1.54, 1.807) is 0 Å². The number of carbonyl (C=O) groups excluding carboxylic acids is 1. The smallest absolute Gasteiger partial charge is 0.170 e. The standard InChI is InChI=1S/C16H18ClNO/c1-16(8-3-2-4-9-16)15(19)11-10-18-13-7-5-6-12(17)14(11)13/h5-7,10,18H,2-4,8-9H2,1H3. The number of ketones is 1. The van der Waals surface area contributed by atoms with Crippen molar-refractivity contribution in [2.24, 2.45) is 5.41 Å². The van der Waals surface area contributed by atoms with Gasteiger partial charge in [-0.15, -0.1) is 0 Å². The number of fused-ring (bicyclic) bond motifs is 1. The van der Waals surface area contributed by atoms with Gasteiger partial charge in [0, 0.05) is 28.1 Å². The molecule has 100 valence electrons. The molecule has 1 aromatic carbocycles. The van der Waals surface area contributed by atoms with Crippen LogP contribution in [-0.4, -0.2) is 10.8 Å². The molecule has 1 heterocycles. The van der Waals surface area contributed by atoms with Crippen LogP contribution in [0.4, 0.5) is 0 Å². The number of rotatable bonds is 2. The van der Waals surface area contributed by atoms with Gasteiger partial charge < -0.3 is 4.98 Å². The molecule has 0 radical (unpaired) electrons. The van der Waals surface area contributed by atoms with Crippen LogP contribution in [0.1, 0.15) is 49.4 Å². The first-order valence-corrected chi connectivity index (χ1v) is 7.30. The summed E-state index contributed by atoms with van der Waals surface area (Å²) in [5.41, 5.74) is 1.48. The summed E-state index contributed by atoms with van der Waals surface area (Å²) in [6.45, 7) is 2.10. The lowest BCUT2D eigenvalue weighted by Crippen LogP contribution is -2.30. The van der Waals surface area contributed by atoms with Crippen molar-refractivity contribution in [1.82, 2.24) is 4.98 Å². The normalized spacial score (nSPS) is 18.6. The highest BCUT2D eigenvalue weighted by Crippen LogP contribution is 2.40. The van der Waals surface area contributed by atoms with E-state index >= 15 is 0 Å². The largest absolute Gasteiger partial charge is 0.360 e. The predicted molar refractivity (Wildman–Crippen MR) is 78.8 cm³/mol. The van der Waals surface area contributed by atoms with Crippen LogP contribution in [0.2, 0.25) is 5.02 Å². The maximum Gasteiger partial charge on any atom is 0.170 e. The number of hydrogen-bond acceptors (Lipinski definition) is 1. The quantitative estimate of drug-likeness (QED) is 0.771. The van der Waals surface area contributed by atoms with Crippen molar-refractivity contribution in [3.8, 4) is 0 Å². The van der Waals surface area contributed by atoms with Crippen molar-refractivity contribution in [2.45, 2.75) is 39.0 Å². The van der Waals surface area contributed by atoms with Gasteiger partial charge in [-0.25, -0.2) is 0 Å². The van der Waals surface area contributed by atoms with Crippen molar-refractivity contribution in [3.63, 3.8) is 0 Å². The van der Waals surface area contributed by atoms with E-state index in [1.807, 2.05) is 24.4 Å². The van der Waals surface area contributed by atoms with E-state index in [-0.39, 0.29) is 11.2 Å². The Balaban J connectivity index is 2.07. The molecule has 3 rings (SSSR count). The highest BCUT2D eigenvalue weighted by molar-refractivity contribution is 6.37. The van der Waals surface area contributed by atoms with Crippen molar-refractivity contribution >= 4 is 28.3 Å². The van der Waals surface area contributed by atoms with Crippen LogP contribution in [0.25, 0.3) is 10.9 Å². The second-order valence-corrected chi connectivity index (χ2v) is 6.22. The first kappa shape index (κ1) is 12.7. The lowest BCUT2D eigenvalue weighted by Gasteiger charge is -2.31. The molecule has 19 heavy (non-hydrogen) atoms. The van der Waals surface area contributed by atoms with E-state index in [4.69, 9.17) is 11.6 Å². The van der Waals surface area contributed by atoms with Crippen molar-refractivity contribution < 1.29 is 4.79 Å². The molecule has 0 aliphatic heterocycles. The van der Waals surface area contributed by atoms with E-state index in [1.165, 1.54) is 6.42 Å². The Morgan fingerprint density at radius 3 is 2.74 bits per heavy atom. The Labute approximate surface area is 118 Å². The number of carbonyl (C=O) groups is 1. The monoisotopic (exact) mass is 275 g/mol. The van der Waals surface area contributed by atoms with E-state index < -0.39 is 0 Å². The predicted octanol–water partition coefficient (Wildman–Crippen LogP) is 4.97. The van der Waals surface area contributed by atoms with Gasteiger partial charge in [0.1, 0.15) is 0 Å². The number of nitrogens with one attached hydrogen (secondary N) is 1. The third-order valence-corrected chi connectivity index (χ3v) is 4.72. The van der Waals surface area contributed by atoms with Gasteiger partial charge in [-0.05, 0) is 25.0 Å². The second kappa shape index (κ2) is 4.68. The molecule has 3 heteroatoms. The van der Waals surface area contributed by atoms with Gasteiger partial charge in [-0.2, -0.15) is 0 Å². The summed E-state index contributed by atoms with van der Waals surface area (Å²) in [6.07, 6.45) is 7.35. The molecule has 0 amide bonds. The van der Waals surface area contributed by atoms with Gasteiger partial charge in [0.15, 0.2) is 5.78 Å². The number of aromatic nitrogens is 1. The maximum absolute atomic E-state index is 12.9. The summed E-state index contributed by atoms with van der Waals surface area (Å²) < 4.78 is 0. The second-order valence-electron chi connectivity index (χ2n) is 5.82. The minimum absolute atomic E-state index is 0.216. The average molecular weight is 276 g/mol. The number of Topliss-reactive ketones (excluding diaryl/α,β-unsaturated/α-hetero) is 1. The summed E-state index contributed by atoms with van der Waals surface area (Å²) in [5.74, 6) is 0.242. The molecule has 1 aliphatic rings. The lowest BCUT2D eigenvalue weighted by molar-refractivity contribution is 0.0751. The van der Waals surface area contributed by atoms with Crippen molar-refractivity contribution in [2.75, 3.05) is 0 Å². The molecule has 1 aromatic heterocycles. The van der Waals surface area contributed by atoms with Crippen LogP contribution in [0.3, 0.4) is 0 Å². The zero-order valence-corrected chi connectivity index (χ0v) is 11.9. The van der Waals surface area contributed by atoms with E-state index in [9.17, 15) is 4.79 Å². The first-order chi connectivity index (χ1) is 9.12. The van der Waals surface area contributed by atoms with Gasteiger partial charge in [0.25, 0.3) is 0 Å². The Morgan fingerprint density at radius 2 is 2.00 bits per heavy atom. The zero-order chi connectivity index (χ0) is 13.5. The maximum atomic E-state index is 12.9. The molecular formula is C16H18ClNO. The number of aromatic amines is 1. The summed E-state index contributed by atoms with van der Waals surface area (Å²) in [5, 5.41) is 1.53. The van der Waals surface area contributed by atoms with E-state index in [2.05, 4.69) is 11.9 Å². The molecule has 2 aromatic rings. The summed E-state index contributed by atoms with van der Waals surface area (Å²) in [6, 6.07) is 5.71. The Morgan fingerprint density at radius 1 is 1.26 bits per heavy atom. The molecule has 1 saturated carbocycles. The molecule has 0 bridgehead atoms. The summed E-state index contributed by atoms with van der Waals surface area (Å²) >= 11 is 6.26. The van der Waals surface area contributed by atoms with Crippen LogP contribution in [0.5, 0.6) is 0 Å². The molecule has 0 saturated heterocycles. The molecular weight excluding hydrogens is 258 g/mol. The van der Waals surface area contributed by atoms with E-state index in [0.29, 0.717) is 5.02 Å². The van der Waals surface area contributed by atoms with Crippen molar-refractivity contribution in [1.29, 1.82) is 0 Å².